The molecule has 3 rings (SSSR count). The number of fused-ring (bicyclic) bond motifs is 1. The van der Waals surface area contributed by atoms with Gasteiger partial charge in [-0.1, -0.05) is 6.42 Å². The minimum absolute atomic E-state index is 0.0379. The minimum Gasteiger partial charge on any atom is -0.316 e. The molecule has 2 heterocycles. The van der Waals surface area contributed by atoms with Crippen LogP contribution in [-0.2, 0) is 10.0 Å². The number of piperidine rings is 1. The van der Waals surface area contributed by atoms with Gasteiger partial charge in [-0.2, -0.15) is 4.31 Å². The number of aromatic nitrogens is 2. The molecule has 0 unspecified atom stereocenters. The van der Waals surface area contributed by atoms with Crippen LogP contribution in [0.2, 0.25) is 0 Å². The first kappa shape index (κ1) is 15.0. The van der Waals surface area contributed by atoms with Crippen molar-refractivity contribution in [2.24, 2.45) is 0 Å². The van der Waals surface area contributed by atoms with E-state index >= 15 is 0 Å². The molecule has 0 radical (unpaired) electrons. The van der Waals surface area contributed by atoms with Gasteiger partial charge in [0.2, 0.25) is 10.0 Å². The van der Waals surface area contributed by atoms with Gasteiger partial charge < -0.3 is 9.97 Å². The summed E-state index contributed by atoms with van der Waals surface area (Å²) in [5.41, 5.74) is -0.855. The first-order chi connectivity index (χ1) is 10.4. The highest BCUT2D eigenvalue weighted by Gasteiger charge is 2.31. The molecule has 2 aromatic rings. The Hall–Kier alpha value is -1.93. The summed E-state index contributed by atoms with van der Waals surface area (Å²) in [6.45, 7) is 2.40. The summed E-state index contributed by atoms with van der Waals surface area (Å²) in [6.07, 6.45) is 2.72. The molecule has 0 amide bonds. The van der Waals surface area contributed by atoms with Gasteiger partial charge in [0.1, 0.15) is 0 Å². The van der Waals surface area contributed by atoms with Crippen molar-refractivity contribution < 1.29 is 8.42 Å². The molecule has 0 bridgehead atoms. The van der Waals surface area contributed by atoms with Crippen molar-refractivity contribution in [1.29, 1.82) is 0 Å². The molecule has 1 aliphatic heterocycles. The molecule has 1 aliphatic rings. The van der Waals surface area contributed by atoms with Crippen molar-refractivity contribution in [3.8, 4) is 0 Å². The summed E-state index contributed by atoms with van der Waals surface area (Å²) in [7, 11) is -3.61. The maximum absolute atomic E-state index is 12.8. The van der Waals surface area contributed by atoms with Crippen LogP contribution in [0.1, 0.15) is 26.2 Å². The van der Waals surface area contributed by atoms with E-state index in [0.717, 1.165) is 19.3 Å². The van der Waals surface area contributed by atoms with Crippen LogP contribution in [0.15, 0.2) is 32.7 Å². The summed E-state index contributed by atoms with van der Waals surface area (Å²) in [4.78, 5) is 27.6. The fraction of sp³-hybridized carbons (Fsp3) is 0.429. The van der Waals surface area contributed by atoms with E-state index in [4.69, 9.17) is 0 Å². The Bertz CT molecular complexity index is 929. The molecular formula is C14H17N3O4S. The Labute approximate surface area is 127 Å². The van der Waals surface area contributed by atoms with Crippen molar-refractivity contribution in [2.75, 3.05) is 6.54 Å². The Morgan fingerprint density at radius 2 is 1.77 bits per heavy atom. The Balaban J connectivity index is 2.11. The standard InChI is InChI=1S/C14H17N3O4S/c1-9-4-2-3-7-17(9)22(20,21)10-5-6-11-12(8-10)16-14(19)13(18)15-11/h5-6,8-9H,2-4,7H2,1H3,(H,15,18)(H,16,19)/t9-/m0/s1. The topological polar surface area (TPSA) is 103 Å². The van der Waals surface area contributed by atoms with Crippen molar-refractivity contribution in [3.05, 3.63) is 38.9 Å². The zero-order valence-corrected chi connectivity index (χ0v) is 12.9. The lowest BCUT2D eigenvalue weighted by Crippen LogP contribution is -2.41. The third kappa shape index (κ3) is 2.48. The smallest absolute Gasteiger partial charge is 0.314 e. The lowest BCUT2D eigenvalue weighted by Gasteiger charge is -2.32. The number of benzene rings is 1. The van der Waals surface area contributed by atoms with E-state index in [2.05, 4.69) is 9.97 Å². The van der Waals surface area contributed by atoms with Gasteiger partial charge in [-0.05, 0) is 38.0 Å². The van der Waals surface area contributed by atoms with Gasteiger partial charge in [0.25, 0.3) is 0 Å². The van der Waals surface area contributed by atoms with Crippen molar-refractivity contribution in [3.63, 3.8) is 0 Å². The zero-order chi connectivity index (χ0) is 15.9. The van der Waals surface area contributed by atoms with Crippen molar-refractivity contribution >= 4 is 21.1 Å². The molecule has 22 heavy (non-hydrogen) atoms. The second kappa shape index (κ2) is 5.36. The summed E-state index contributed by atoms with van der Waals surface area (Å²) in [5.74, 6) is 0. The number of hydrogen-bond acceptors (Lipinski definition) is 4. The highest BCUT2D eigenvalue weighted by molar-refractivity contribution is 7.89. The molecule has 1 saturated heterocycles. The molecule has 1 aromatic carbocycles. The predicted molar refractivity (Wildman–Crippen MR) is 82.4 cm³/mol. The maximum Gasteiger partial charge on any atom is 0.314 e. The van der Waals surface area contributed by atoms with E-state index < -0.39 is 21.1 Å². The van der Waals surface area contributed by atoms with Crippen LogP contribution in [0.4, 0.5) is 0 Å². The second-order valence-electron chi connectivity index (χ2n) is 5.58. The normalized spacial score (nSPS) is 20.3. The largest absolute Gasteiger partial charge is 0.316 e. The number of sulfonamides is 1. The van der Waals surface area contributed by atoms with E-state index in [1.807, 2.05) is 6.92 Å². The molecule has 0 aliphatic carbocycles. The van der Waals surface area contributed by atoms with Crippen molar-refractivity contribution in [2.45, 2.75) is 37.1 Å². The third-order valence-corrected chi connectivity index (χ3v) is 6.05. The van der Waals surface area contributed by atoms with Gasteiger partial charge >= 0.3 is 11.1 Å². The molecule has 1 aromatic heterocycles. The molecule has 2 N–H and O–H groups in total. The monoisotopic (exact) mass is 323 g/mol. The number of H-pyrrole nitrogens is 2. The summed E-state index contributed by atoms with van der Waals surface area (Å²) >= 11 is 0. The lowest BCUT2D eigenvalue weighted by molar-refractivity contribution is 0.268. The van der Waals surface area contributed by atoms with Crippen LogP contribution in [0.5, 0.6) is 0 Å². The molecule has 0 spiro atoms. The van der Waals surface area contributed by atoms with Crippen molar-refractivity contribution in [1.82, 2.24) is 14.3 Å². The molecule has 7 nitrogen and oxygen atoms in total. The highest BCUT2D eigenvalue weighted by Crippen LogP contribution is 2.26. The van der Waals surface area contributed by atoms with E-state index in [1.54, 1.807) is 0 Å². The van der Waals surface area contributed by atoms with E-state index in [1.165, 1.54) is 22.5 Å². The second-order valence-corrected chi connectivity index (χ2v) is 7.47. The van der Waals surface area contributed by atoms with Crippen LogP contribution in [0.25, 0.3) is 11.0 Å². The summed E-state index contributed by atoms with van der Waals surface area (Å²) in [6, 6.07) is 4.30. The summed E-state index contributed by atoms with van der Waals surface area (Å²) in [5, 5.41) is 0. The van der Waals surface area contributed by atoms with E-state index in [-0.39, 0.29) is 10.9 Å². The molecule has 1 atom stereocenters. The number of nitrogens with zero attached hydrogens (tertiary/aromatic N) is 1. The predicted octanol–water partition coefficient (Wildman–Crippen LogP) is 0.779. The third-order valence-electron chi connectivity index (χ3n) is 4.04. The minimum atomic E-state index is -3.61. The van der Waals surface area contributed by atoms with Gasteiger partial charge in [0, 0.05) is 12.6 Å². The average molecular weight is 323 g/mol. The molecule has 0 saturated carbocycles. The average Bonchev–Trinajstić information content (AvgIpc) is 2.48. The fourth-order valence-corrected chi connectivity index (χ4v) is 4.54. The van der Waals surface area contributed by atoms with Crippen LogP contribution in [0, 0.1) is 0 Å². The number of rotatable bonds is 2. The number of hydrogen-bond donors (Lipinski definition) is 2. The van der Waals surface area contributed by atoms with Crippen LogP contribution in [0.3, 0.4) is 0 Å². The maximum atomic E-state index is 12.8. The molecular weight excluding hydrogens is 306 g/mol. The number of nitrogens with one attached hydrogen (secondary N) is 2. The van der Waals surface area contributed by atoms with Gasteiger partial charge in [-0.3, -0.25) is 9.59 Å². The van der Waals surface area contributed by atoms with Crippen LogP contribution < -0.4 is 11.1 Å². The van der Waals surface area contributed by atoms with Gasteiger partial charge in [0.15, 0.2) is 0 Å². The Kier molecular flexibility index (Phi) is 3.65. The molecule has 118 valence electrons. The van der Waals surface area contributed by atoms with Crippen LogP contribution >= 0.6 is 0 Å². The van der Waals surface area contributed by atoms with Gasteiger partial charge in [0.05, 0.1) is 15.9 Å². The number of aromatic amines is 2. The highest BCUT2D eigenvalue weighted by atomic mass is 32.2. The van der Waals surface area contributed by atoms with Gasteiger partial charge in [-0.25, -0.2) is 8.42 Å². The first-order valence-electron chi connectivity index (χ1n) is 7.18. The first-order valence-corrected chi connectivity index (χ1v) is 8.62. The van der Waals surface area contributed by atoms with E-state index in [0.29, 0.717) is 17.6 Å². The Morgan fingerprint density at radius 3 is 2.45 bits per heavy atom. The van der Waals surface area contributed by atoms with E-state index in [9.17, 15) is 18.0 Å². The zero-order valence-electron chi connectivity index (χ0n) is 12.1. The SMILES string of the molecule is C[C@H]1CCCCN1S(=O)(=O)c1ccc2[nH]c(=O)c(=O)[nH]c2c1. The fourth-order valence-electron chi connectivity index (χ4n) is 2.82. The quantitative estimate of drug-likeness (QED) is 0.797. The molecule has 8 heteroatoms. The van der Waals surface area contributed by atoms with Gasteiger partial charge in [-0.15, -0.1) is 0 Å². The molecule has 1 fully saturated rings. The lowest BCUT2D eigenvalue weighted by atomic mass is 10.1. The Morgan fingerprint density at radius 1 is 1.09 bits per heavy atom. The summed E-state index contributed by atoms with van der Waals surface area (Å²) < 4.78 is 27.0. The van der Waals surface area contributed by atoms with Crippen LogP contribution in [-0.4, -0.2) is 35.3 Å².